The van der Waals surface area contributed by atoms with Gasteiger partial charge in [-0.1, -0.05) is 42.5 Å². The van der Waals surface area contributed by atoms with Crippen LogP contribution < -0.4 is 10.7 Å². The molecular formula is C21H16FN3O2. The van der Waals surface area contributed by atoms with E-state index in [2.05, 4.69) is 15.8 Å². The molecule has 0 atom stereocenters. The van der Waals surface area contributed by atoms with E-state index in [0.717, 1.165) is 0 Å². The molecule has 0 heterocycles. The van der Waals surface area contributed by atoms with Gasteiger partial charge in [-0.25, -0.2) is 9.82 Å². The van der Waals surface area contributed by atoms with Gasteiger partial charge in [0, 0.05) is 5.56 Å². The molecule has 5 nitrogen and oxygen atoms in total. The van der Waals surface area contributed by atoms with E-state index in [9.17, 15) is 14.0 Å². The number of halogens is 1. The third-order valence-corrected chi connectivity index (χ3v) is 3.68. The van der Waals surface area contributed by atoms with Gasteiger partial charge in [-0.05, 0) is 42.0 Å². The molecule has 3 aromatic carbocycles. The van der Waals surface area contributed by atoms with Crippen molar-refractivity contribution in [2.45, 2.75) is 0 Å². The Hall–Kier alpha value is -3.80. The van der Waals surface area contributed by atoms with E-state index >= 15 is 0 Å². The van der Waals surface area contributed by atoms with Crippen LogP contribution in [-0.4, -0.2) is 18.0 Å². The Morgan fingerprint density at radius 3 is 2.37 bits per heavy atom. The lowest BCUT2D eigenvalue weighted by Crippen LogP contribution is -2.21. The van der Waals surface area contributed by atoms with Gasteiger partial charge >= 0.3 is 0 Å². The van der Waals surface area contributed by atoms with Crippen LogP contribution in [0.5, 0.6) is 0 Å². The number of carbonyl (C=O) groups excluding carboxylic acids is 2. The number of hydrogen-bond donors (Lipinski definition) is 2. The van der Waals surface area contributed by atoms with E-state index in [1.54, 1.807) is 60.7 Å². The molecule has 0 spiro atoms. The first kappa shape index (κ1) is 18.0. The van der Waals surface area contributed by atoms with Crippen LogP contribution in [-0.2, 0) is 0 Å². The van der Waals surface area contributed by atoms with Crippen LogP contribution in [0.3, 0.4) is 0 Å². The molecule has 0 aromatic heterocycles. The highest BCUT2D eigenvalue weighted by molar-refractivity contribution is 6.09. The fourth-order valence-corrected chi connectivity index (χ4v) is 2.39. The van der Waals surface area contributed by atoms with Crippen LogP contribution in [0, 0.1) is 5.82 Å². The third-order valence-electron chi connectivity index (χ3n) is 3.68. The van der Waals surface area contributed by atoms with Crippen molar-refractivity contribution in [1.82, 2.24) is 5.43 Å². The second-order valence-corrected chi connectivity index (χ2v) is 5.62. The molecule has 2 N–H and O–H groups in total. The number of anilines is 1. The van der Waals surface area contributed by atoms with E-state index in [1.807, 2.05) is 6.07 Å². The standard InChI is InChI=1S/C21H16FN3O2/c22-17-10-6-7-15(13-17)14-23-25-21(27)18-11-4-5-12-19(18)24-20(26)16-8-2-1-3-9-16/h1-14H,(H,24,26)(H,25,27). The Kier molecular flexibility index (Phi) is 5.69. The summed E-state index contributed by atoms with van der Waals surface area (Å²) < 4.78 is 13.1. The number of carbonyl (C=O) groups is 2. The van der Waals surface area contributed by atoms with Crippen LogP contribution in [0.1, 0.15) is 26.3 Å². The molecule has 0 saturated heterocycles. The average Bonchev–Trinajstić information content (AvgIpc) is 2.69. The molecule has 27 heavy (non-hydrogen) atoms. The maximum atomic E-state index is 13.1. The fraction of sp³-hybridized carbons (Fsp3) is 0. The number of benzene rings is 3. The normalized spacial score (nSPS) is 10.6. The van der Waals surface area contributed by atoms with Crippen molar-refractivity contribution in [2.24, 2.45) is 5.10 Å². The molecular weight excluding hydrogens is 345 g/mol. The zero-order valence-electron chi connectivity index (χ0n) is 14.2. The monoisotopic (exact) mass is 361 g/mol. The minimum Gasteiger partial charge on any atom is -0.321 e. The molecule has 0 aliphatic carbocycles. The van der Waals surface area contributed by atoms with Gasteiger partial charge in [0.15, 0.2) is 0 Å². The maximum absolute atomic E-state index is 13.1. The second kappa shape index (κ2) is 8.53. The molecule has 0 aliphatic rings. The zero-order valence-corrected chi connectivity index (χ0v) is 14.2. The summed E-state index contributed by atoms with van der Waals surface area (Å²) in [7, 11) is 0. The van der Waals surface area contributed by atoms with Crippen molar-refractivity contribution in [3.8, 4) is 0 Å². The smallest absolute Gasteiger partial charge is 0.273 e. The van der Waals surface area contributed by atoms with Gasteiger partial charge in [-0.3, -0.25) is 9.59 Å². The number of amides is 2. The summed E-state index contributed by atoms with van der Waals surface area (Å²) in [6.45, 7) is 0. The molecule has 0 unspecified atom stereocenters. The Morgan fingerprint density at radius 1 is 0.852 bits per heavy atom. The topological polar surface area (TPSA) is 70.6 Å². The van der Waals surface area contributed by atoms with Gasteiger partial charge in [-0.2, -0.15) is 5.10 Å². The summed E-state index contributed by atoms with van der Waals surface area (Å²) in [5.74, 6) is -1.20. The van der Waals surface area contributed by atoms with Crippen molar-refractivity contribution < 1.29 is 14.0 Å². The van der Waals surface area contributed by atoms with Crippen LogP contribution in [0.25, 0.3) is 0 Å². The summed E-state index contributed by atoms with van der Waals surface area (Å²) in [6, 6.07) is 21.1. The van der Waals surface area contributed by atoms with Gasteiger partial charge in [0.2, 0.25) is 0 Å². The van der Waals surface area contributed by atoms with Crippen molar-refractivity contribution in [3.63, 3.8) is 0 Å². The summed E-state index contributed by atoms with van der Waals surface area (Å²) in [4.78, 5) is 24.7. The molecule has 3 aromatic rings. The van der Waals surface area contributed by atoms with Gasteiger partial charge in [0.05, 0.1) is 17.5 Å². The second-order valence-electron chi connectivity index (χ2n) is 5.62. The van der Waals surface area contributed by atoms with E-state index in [0.29, 0.717) is 16.8 Å². The number of nitrogens with one attached hydrogen (secondary N) is 2. The summed E-state index contributed by atoms with van der Waals surface area (Å²) >= 11 is 0. The molecule has 0 bridgehead atoms. The van der Waals surface area contributed by atoms with E-state index in [4.69, 9.17) is 0 Å². The Bertz CT molecular complexity index is 987. The summed E-state index contributed by atoms with van der Waals surface area (Å²) in [5.41, 5.74) is 4.00. The molecule has 0 aliphatic heterocycles. The van der Waals surface area contributed by atoms with Gasteiger partial charge in [0.1, 0.15) is 5.82 Å². The number of rotatable bonds is 5. The number of hydrazone groups is 1. The Labute approximate surface area is 155 Å². The van der Waals surface area contributed by atoms with Crippen molar-refractivity contribution in [3.05, 3.63) is 101 Å². The first-order chi connectivity index (χ1) is 13.1. The van der Waals surface area contributed by atoms with Gasteiger partial charge < -0.3 is 5.32 Å². The maximum Gasteiger partial charge on any atom is 0.273 e. The highest BCUT2D eigenvalue weighted by atomic mass is 19.1. The minimum absolute atomic E-state index is 0.262. The number of hydrogen-bond acceptors (Lipinski definition) is 3. The first-order valence-electron chi connectivity index (χ1n) is 8.18. The number of para-hydroxylation sites is 1. The summed E-state index contributed by atoms with van der Waals surface area (Å²) in [6.07, 6.45) is 1.34. The molecule has 0 radical (unpaired) electrons. The van der Waals surface area contributed by atoms with Crippen molar-refractivity contribution in [2.75, 3.05) is 5.32 Å². The number of nitrogens with zero attached hydrogens (tertiary/aromatic N) is 1. The molecule has 3 rings (SSSR count). The molecule has 6 heteroatoms. The van der Waals surface area contributed by atoms with E-state index in [1.165, 1.54) is 18.3 Å². The first-order valence-corrected chi connectivity index (χ1v) is 8.18. The Morgan fingerprint density at radius 2 is 1.59 bits per heavy atom. The van der Waals surface area contributed by atoms with Crippen LogP contribution >= 0.6 is 0 Å². The quantitative estimate of drug-likeness (QED) is 0.535. The minimum atomic E-state index is -0.494. The largest absolute Gasteiger partial charge is 0.321 e. The molecule has 2 amide bonds. The van der Waals surface area contributed by atoms with Crippen LogP contribution in [0.4, 0.5) is 10.1 Å². The SMILES string of the molecule is O=C(Nc1ccccc1C(=O)NN=Cc1cccc(F)c1)c1ccccc1. The lowest BCUT2D eigenvalue weighted by Gasteiger charge is -2.10. The zero-order chi connectivity index (χ0) is 19.1. The van der Waals surface area contributed by atoms with Crippen molar-refractivity contribution in [1.29, 1.82) is 0 Å². The summed E-state index contributed by atoms with van der Waals surface area (Å²) in [5, 5.41) is 6.56. The van der Waals surface area contributed by atoms with E-state index < -0.39 is 5.91 Å². The van der Waals surface area contributed by atoms with E-state index in [-0.39, 0.29) is 17.3 Å². The van der Waals surface area contributed by atoms with Crippen molar-refractivity contribution >= 4 is 23.7 Å². The lowest BCUT2D eigenvalue weighted by molar-refractivity contribution is 0.0956. The molecule has 0 saturated carbocycles. The fourth-order valence-electron chi connectivity index (χ4n) is 2.39. The molecule has 0 fully saturated rings. The van der Waals surface area contributed by atoms with Gasteiger partial charge in [0.25, 0.3) is 11.8 Å². The Balaban J connectivity index is 1.71. The highest BCUT2D eigenvalue weighted by Gasteiger charge is 2.13. The third kappa shape index (κ3) is 4.85. The average molecular weight is 361 g/mol. The predicted molar refractivity (Wildman–Crippen MR) is 102 cm³/mol. The van der Waals surface area contributed by atoms with Crippen LogP contribution in [0.15, 0.2) is 84.0 Å². The lowest BCUT2D eigenvalue weighted by atomic mass is 10.1. The molecule has 134 valence electrons. The van der Waals surface area contributed by atoms with Crippen LogP contribution in [0.2, 0.25) is 0 Å². The predicted octanol–water partition coefficient (Wildman–Crippen LogP) is 3.84. The highest BCUT2D eigenvalue weighted by Crippen LogP contribution is 2.16. The van der Waals surface area contributed by atoms with Gasteiger partial charge in [-0.15, -0.1) is 0 Å².